The number of hydrogen-bond acceptors (Lipinski definition) is 6. The minimum atomic E-state index is -1.78. The summed E-state index contributed by atoms with van der Waals surface area (Å²) in [6, 6.07) is 5.50. The molecule has 0 amide bonds. The number of aliphatic hydroxyl groups is 1. The average Bonchev–Trinajstić information content (AvgIpc) is 2.52. The average molecular weight is 338 g/mol. The first-order valence-corrected chi connectivity index (χ1v) is 7.39. The molecule has 1 aliphatic carbocycles. The predicted molar refractivity (Wildman–Crippen MR) is 80.4 cm³/mol. The molecule has 130 valence electrons. The molecule has 1 aromatic carbocycles. The third-order valence-electron chi connectivity index (χ3n) is 4.44. The summed E-state index contributed by atoms with van der Waals surface area (Å²) in [5.74, 6) is -6.90. The summed E-state index contributed by atoms with van der Waals surface area (Å²) in [5.41, 5.74) is -1.79. The van der Waals surface area contributed by atoms with Gasteiger partial charge in [-0.3, -0.25) is 14.4 Å². The molecule has 6 nitrogen and oxygen atoms in total. The standard InChI is InChI=1S/C17H19FO6/c1-17(22)8-11(19)13(15(20)23-2)12(14(17)16(21)24-3)9-6-4-5-7-10(9)18/h4-7,12-14,22H,8H2,1-3H3/t12-,13-,14-,17-/m1/s1. The SMILES string of the molecule is COC(=O)[C@@H]1C(=O)C[C@@](C)(O)[C@@H](C(=O)OC)[C@@H]1c1ccccc1F. The third-order valence-corrected chi connectivity index (χ3v) is 4.44. The Morgan fingerprint density at radius 3 is 2.33 bits per heavy atom. The van der Waals surface area contributed by atoms with E-state index in [1.807, 2.05) is 0 Å². The van der Waals surface area contributed by atoms with Crippen LogP contribution in [0.15, 0.2) is 24.3 Å². The first-order chi connectivity index (χ1) is 11.2. The van der Waals surface area contributed by atoms with Gasteiger partial charge in [-0.2, -0.15) is 0 Å². The second kappa shape index (κ2) is 6.68. The molecule has 1 fully saturated rings. The minimum Gasteiger partial charge on any atom is -0.469 e. The Labute approximate surface area is 138 Å². The molecule has 7 heteroatoms. The molecule has 0 heterocycles. The summed E-state index contributed by atoms with van der Waals surface area (Å²) < 4.78 is 23.7. The Morgan fingerprint density at radius 1 is 1.21 bits per heavy atom. The Balaban J connectivity index is 2.68. The number of methoxy groups -OCH3 is 2. The van der Waals surface area contributed by atoms with Crippen LogP contribution in [0.4, 0.5) is 4.39 Å². The molecule has 0 spiro atoms. The second-order valence-electron chi connectivity index (χ2n) is 6.05. The molecule has 4 atom stereocenters. The maximum absolute atomic E-state index is 14.3. The quantitative estimate of drug-likeness (QED) is 0.658. The van der Waals surface area contributed by atoms with E-state index in [0.717, 1.165) is 20.3 Å². The van der Waals surface area contributed by atoms with Gasteiger partial charge in [-0.15, -0.1) is 0 Å². The van der Waals surface area contributed by atoms with Gasteiger partial charge < -0.3 is 14.6 Å². The number of esters is 2. The minimum absolute atomic E-state index is 0.0170. The number of benzene rings is 1. The van der Waals surface area contributed by atoms with Gasteiger partial charge in [0.15, 0.2) is 5.78 Å². The van der Waals surface area contributed by atoms with E-state index in [1.165, 1.54) is 25.1 Å². The molecule has 0 aliphatic heterocycles. The van der Waals surface area contributed by atoms with Crippen molar-refractivity contribution in [3.8, 4) is 0 Å². The van der Waals surface area contributed by atoms with Gasteiger partial charge in [0, 0.05) is 12.3 Å². The number of ether oxygens (including phenoxy) is 2. The van der Waals surface area contributed by atoms with Crippen LogP contribution >= 0.6 is 0 Å². The molecule has 24 heavy (non-hydrogen) atoms. The Hall–Kier alpha value is -2.28. The molecular weight excluding hydrogens is 319 g/mol. The van der Waals surface area contributed by atoms with Crippen LogP contribution < -0.4 is 0 Å². The monoisotopic (exact) mass is 338 g/mol. The molecule has 0 bridgehead atoms. The zero-order valence-electron chi connectivity index (χ0n) is 13.6. The molecule has 1 aromatic rings. The van der Waals surface area contributed by atoms with Crippen molar-refractivity contribution in [2.24, 2.45) is 11.8 Å². The van der Waals surface area contributed by atoms with E-state index in [1.54, 1.807) is 0 Å². The Morgan fingerprint density at radius 2 is 1.79 bits per heavy atom. The molecule has 2 rings (SSSR count). The lowest BCUT2D eigenvalue weighted by Crippen LogP contribution is -2.55. The smallest absolute Gasteiger partial charge is 0.316 e. The fraction of sp³-hybridized carbons (Fsp3) is 0.471. The van der Waals surface area contributed by atoms with Gasteiger partial charge in [0.2, 0.25) is 0 Å². The van der Waals surface area contributed by atoms with Gasteiger partial charge in [0.1, 0.15) is 11.7 Å². The number of halogens is 1. The molecule has 1 aliphatic rings. The van der Waals surface area contributed by atoms with Gasteiger partial charge in [0.05, 0.1) is 25.7 Å². The molecule has 1 saturated carbocycles. The number of Topliss-reactive ketones (excluding diaryl/α,β-unsaturated/α-hetero) is 1. The summed E-state index contributed by atoms with van der Waals surface area (Å²) >= 11 is 0. The van der Waals surface area contributed by atoms with Crippen LogP contribution in [-0.2, 0) is 23.9 Å². The summed E-state index contributed by atoms with van der Waals surface area (Å²) in [7, 11) is 2.23. The fourth-order valence-corrected chi connectivity index (χ4v) is 3.39. The lowest BCUT2D eigenvalue weighted by atomic mass is 9.61. The van der Waals surface area contributed by atoms with Crippen LogP contribution in [0.3, 0.4) is 0 Å². The van der Waals surface area contributed by atoms with Crippen LogP contribution in [-0.4, -0.2) is 42.6 Å². The number of carbonyl (C=O) groups is 3. The van der Waals surface area contributed by atoms with Crippen molar-refractivity contribution >= 4 is 17.7 Å². The second-order valence-corrected chi connectivity index (χ2v) is 6.05. The maximum Gasteiger partial charge on any atom is 0.316 e. The topological polar surface area (TPSA) is 89.9 Å². The lowest BCUT2D eigenvalue weighted by Gasteiger charge is -2.43. The summed E-state index contributed by atoms with van der Waals surface area (Å²) in [6.45, 7) is 1.30. The number of ketones is 1. The maximum atomic E-state index is 14.3. The van der Waals surface area contributed by atoms with E-state index in [0.29, 0.717) is 0 Å². The van der Waals surface area contributed by atoms with Gasteiger partial charge in [-0.25, -0.2) is 4.39 Å². The van der Waals surface area contributed by atoms with Gasteiger partial charge >= 0.3 is 11.9 Å². The van der Waals surface area contributed by atoms with E-state index in [9.17, 15) is 23.9 Å². The Kier molecular flexibility index (Phi) is 5.03. The fourth-order valence-electron chi connectivity index (χ4n) is 3.39. The van der Waals surface area contributed by atoms with Crippen molar-refractivity contribution in [2.45, 2.75) is 24.9 Å². The molecule has 0 saturated heterocycles. The van der Waals surface area contributed by atoms with Crippen LogP contribution in [0.25, 0.3) is 0 Å². The van der Waals surface area contributed by atoms with E-state index >= 15 is 0 Å². The van der Waals surface area contributed by atoms with E-state index < -0.39 is 53.3 Å². The molecule has 1 N–H and O–H groups in total. The lowest BCUT2D eigenvalue weighted by molar-refractivity contribution is -0.170. The molecule has 0 aromatic heterocycles. The van der Waals surface area contributed by atoms with Crippen molar-refractivity contribution in [3.05, 3.63) is 35.6 Å². The summed E-state index contributed by atoms with van der Waals surface area (Å²) in [5, 5.41) is 10.6. The summed E-state index contributed by atoms with van der Waals surface area (Å²) in [4.78, 5) is 36.8. The van der Waals surface area contributed by atoms with Crippen LogP contribution in [0.1, 0.15) is 24.8 Å². The zero-order valence-corrected chi connectivity index (χ0v) is 13.6. The highest BCUT2D eigenvalue weighted by Gasteiger charge is 2.57. The zero-order chi connectivity index (χ0) is 18.1. The van der Waals surface area contributed by atoms with E-state index in [4.69, 9.17) is 4.74 Å². The predicted octanol–water partition coefficient (Wildman–Crippen LogP) is 1.21. The van der Waals surface area contributed by atoms with Gasteiger partial charge in [-0.1, -0.05) is 18.2 Å². The van der Waals surface area contributed by atoms with Crippen molar-refractivity contribution in [2.75, 3.05) is 14.2 Å². The highest BCUT2D eigenvalue weighted by atomic mass is 19.1. The van der Waals surface area contributed by atoms with Crippen molar-refractivity contribution in [1.82, 2.24) is 0 Å². The van der Waals surface area contributed by atoms with Crippen molar-refractivity contribution in [1.29, 1.82) is 0 Å². The number of rotatable bonds is 3. The number of carbonyl (C=O) groups excluding carboxylic acids is 3. The first-order valence-electron chi connectivity index (χ1n) is 7.39. The van der Waals surface area contributed by atoms with Crippen molar-refractivity contribution in [3.63, 3.8) is 0 Å². The van der Waals surface area contributed by atoms with E-state index in [-0.39, 0.29) is 5.56 Å². The normalized spacial score (nSPS) is 29.9. The highest BCUT2D eigenvalue weighted by molar-refractivity contribution is 6.02. The Bertz CT molecular complexity index is 669. The van der Waals surface area contributed by atoms with Crippen molar-refractivity contribution < 1.29 is 33.4 Å². The number of hydrogen-bond donors (Lipinski definition) is 1. The summed E-state index contributed by atoms with van der Waals surface area (Å²) in [6.07, 6.45) is -0.433. The van der Waals surface area contributed by atoms with Crippen LogP contribution in [0.2, 0.25) is 0 Å². The molecule has 0 unspecified atom stereocenters. The van der Waals surface area contributed by atoms with Gasteiger partial charge in [0.25, 0.3) is 0 Å². The third kappa shape index (κ3) is 3.03. The molecule has 0 radical (unpaired) electrons. The van der Waals surface area contributed by atoms with Crippen LogP contribution in [0.5, 0.6) is 0 Å². The van der Waals surface area contributed by atoms with Gasteiger partial charge in [-0.05, 0) is 18.6 Å². The largest absolute Gasteiger partial charge is 0.469 e. The first kappa shape index (κ1) is 18.1. The molecular formula is C17H19FO6. The van der Waals surface area contributed by atoms with Crippen LogP contribution in [0, 0.1) is 17.7 Å². The van der Waals surface area contributed by atoms with E-state index in [2.05, 4.69) is 4.74 Å². The highest BCUT2D eigenvalue weighted by Crippen LogP contribution is 2.47.